The Morgan fingerprint density at radius 2 is 1.33 bits per heavy atom. The number of aromatic hydroxyl groups is 1. The Morgan fingerprint density at radius 3 is 1.86 bits per heavy atom. The van der Waals surface area contributed by atoms with Gasteiger partial charge in [0.05, 0.1) is 5.56 Å². The first-order valence-electron chi connectivity index (χ1n) is 13.2. The summed E-state index contributed by atoms with van der Waals surface area (Å²) in [5.74, 6) is 1.64. The third kappa shape index (κ3) is 8.87. The molecule has 0 saturated carbocycles. The van der Waals surface area contributed by atoms with Crippen molar-refractivity contribution in [2.24, 2.45) is 0 Å². The SMILES string of the molecule is Cc1cc(Nc2nc(N3CCCCC3)nc(N3CCCCC3)n2)ccc1NC(=O)c1cccc(C)c1O.Cl.N.N.N.N.[HH].[HH].[HH].[HH]. The van der Waals surface area contributed by atoms with E-state index in [1.54, 1.807) is 25.1 Å². The molecule has 1 amide bonds. The molecule has 0 radical (unpaired) electrons. The van der Waals surface area contributed by atoms with Crippen LogP contribution in [0.5, 0.6) is 5.75 Å². The molecule has 2 aliphatic rings. The van der Waals surface area contributed by atoms with Gasteiger partial charge in [-0.15, -0.1) is 12.4 Å². The van der Waals surface area contributed by atoms with Gasteiger partial charge in [0.1, 0.15) is 5.75 Å². The van der Waals surface area contributed by atoms with Gasteiger partial charge in [0.25, 0.3) is 5.91 Å². The van der Waals surface area contributed by atoms with Crippen LogP contribution in [0.1, 0.15) is 65.7 Å². The molecule has 0 unspecified atom stereocenters. The summed E-state index contributed by atoms with van der Waals surface area (Å²) in [6, 6.07) is 10.8. The summed E-state index contributed by atoms with van der Waals surface area (Å²) in [6.45, 7) is 7.56. The van der Waals surface area contributed by atoms with E-state index in [-0.39, 0.29) is 59.9 Å². The number of phenolic OH excluding ortho intramolecular Hbond substituents is 1. The van der Waals surface area contributed by atoms with Crippen LogP contribution >= 0.6 is 12.4 Å². The number of para-hydroxylation sites is 1. The molecule has 14 heteroatoms. The maximum Gasteiger partial charge on any atom is 0.259 e. The van der Waals surface area contributed by atoms with Crippen LogP contribution in [0, 0.1) is 13.8 Å². The molecule has 1 aromatic heterocycles. The third-order valence-electron chi connectivity index (χ3n) is 7.10. The topological polar surface area (TPSA) is 247 Å². The van der Waals surface area contributed by atoms with E-state index in [1.807, 2.05) is 25.1 Å². The summed E-state index contributed by atoms with van der Waals surface area (Å²) in [5.41, 5.74) is 3.30. The van der Waals surface area contributed by atoms with E-state index >= 15 is 0 Å². The number of aromatic nitrogens is 3. The molecule has 0 bridgehead atoms. The Kier molecular flexibility index (Phi) is 15.7. The van der Waals surface area contributed by atoms with E-state index in [2.05, 4.69) is 20.4 Å². The van der Waals surface area contributed by atoms with Crippen LogP contribution in [0.3, 0.4) is 0 Å². The smallest absolute Gasteiger partial charge is 0.259 e. The van der Waals surface area contributed by atoms with Crippen LogP contribution in [0.4, 0.5) is 29.2 Å². The fraction of sp³-hybridized carbons (Fsp3) is 0.429. The van der Waals surface area contributed by atoms with Gasteiger partial charge in [-0.3, -0.25) is 4.79 Å². The minimum Gasteiger partial charge on any atom is -0.507 e. The number of amides is 1. The number of nitrogens with one attached hydrogen (secondary N) is 2. The van der Waals surface area contributed by atoms with E-state index in [0.717, 1.165) is 75.0 Å². The Labute approximate surface area is 260 Å². The van der Waals surface area contributed by atoms with Gasteiger partial charge in [-0.2, -0.15) is 15.0 Å². The molecule has 2 aliphatic heterocycles. The highest BCUT2D eigenvalue weighted by Crippen LogP contribution is 2.27. The predicted octanol–water partition coefficient (Wildman–Crippen LogP) is 7.22. The van der Waals surface area contributed by atoms with Crippen LogP contribution in [0.2, 0.25) is 0 Å². The summed E-state index contributed by atoms with van der Waals surface area (Å²) in [4.78, 5) is 31.7. The highest BCUT2D eigenvalue weighted by atomic mass is 35.5. The number of nitrogens with zero attached hydrogens (tertiary/aromatic N) is 5. The van der Waals surface area contributed by atoms with Crippen molar-refractivity contribution >= 4 is 47.5 Å². The Bertz CT molecular complexity index is 1270. The Balaban J connectivity index is -0.000000623. The number of anilines is 5. The molecule has 242 valence electrons. The van der Waals surface area contributed by atoms with Crippen molar-refractivity contribution in [2.75, 3.05) is 46.6 Å². The molecule has 2 saturated heterocycles. The van der Waals surface area contributed by atoms with Crippen LogP contribution < -0.4 is 45.0 Å². The number of piperidine rings is 2. The number of hydrogen-bond donors (Lipinski definition) is 7. The molecule has 3 heterocycles. The van der Waals surface area contributed by atoms with Crippen LogP contribution in [0.15, 0.2) is 36.4 Å². The lowest BCUT2D eigenvalue weighted by molar-refractivity contribution is 0.102. The quantitative estimate of drug-likeness (QED) is 0.145. The fourth-order valence-corrected chi connectivity index (χ4v) is 4.92. The molecule has 3 aromatic rings. The summed E-state index contributed by atoms with van der Waals surface area (Å²) in [5, 5.41) is 16.5. The van der Waals surface area contributed by atoms with Gasteiger partial charge < -0.3 is 50.1 Å². The lowest BCUT2D eigenvalue weighted by atomic mass is 10.1. The Hall–Kier alpha value is -3.75. The fourth-order valence-electron chi connectivity index (χ4n) is 4.92. The normalized spacial score (nSPS) is 14.0. The second-order valence-corrected chi connectivity index (χ2v) is 9.93. The standard InChI is InChI=1S/C28H35N7O2.ClH.4H3N.4H2/c1-19-10-9-11-22(24(19)36)25(37)30-23-13-12-21(18-20(23)2)29-26-31-27(34-14-5-3-6-15-34)33-28(32-26)35-16-7-4-8-17-35;;;;;;;;;/h9-13,18,36H,3-8,14-17H2,1-2H3,(H,30,37)(H,29,31,32,33);1H;4*1H3;4*1H. The van der Waals surface area contributed by atoms with E-state index in [4.69, 9.17) is 15.0 Å². The van der Waals surface area contributed by atoms with Crippen molar-refractivity contribution in [1.82, 2.24) is 39.6 Å². The number of phenols is 1. The number of aryl methyl sites for hydroxylation is 2. The lowest BCUT2D eigenvalue weighted by Crippen LogP contribution is -2.34. The van der Waals surface area contributed by atoms with Crippen LogP contribution in [0.25, 0.3) is 0 Å². The second kappa shape index (κ2) is 17.3. The van der Waals surface area contributed by atoms with E-state index in [1.165, 1.54) is 12.8 Å². The predicted molar refractivity (Wildman–Crippen MR) is 183 cm³/mol. The molecular weight excluding hydrogens is 558 g/mol. The van der Waals surface area contributed by atoms with Gasteiger partial charge in [-0.1, -0.05) is 12.1 Å². The summed E-state index contributed by atoms with van der Waals surface area (Å²) >= 11 is 0. The number of hydrogen-bond acceptors (Lipinski definition) is 12. The molecule has 0 aliphatic carbocycles. The second-order valence-electron chi connectivity index (χ2n) is 9.93. The number of halogens is 1. The number of rotatable bonds is 6. The van der Waals surface area contributed by atoms with Gasteiger partial charge in [0.15, 0.2) is 0 Å². The first kappa shape index (κ1) is 38.2. The minimum absolute atomic E-state index is 0. The number of benzene rings is 2. The van der Waals surface area contributed by atoms with Gasteiger partial charge in [-0.25, -0.2) is 0 Å². The molecule has 13 nitrogen and oxygen atoms in total. The zero-order valence-electron chi connectivity index (χ0n) is 24.9. The first-order chi connectivity index (χ1) is 18.0. The number of carbonyl (C=O) groups excluding carboxylic acids is 1. The number of carbonyl (C=O) groups is 1. The summed E-state index contributed by atoms with van der Waals surface area (Å²) in [6.07, 6.45) is 7.11. The third-order valence-corrected chi connectivity index (χ3v) is 7.10. The van der Waals surface area contributed by atoms with E-state index < -0.39 is 0 Å². The lowest BCUT2D eigenvalue weighted by Gasteiger charge is -2.30. The highest BCUT2D eigenvalue weighted by molar-refractivity contribution is 6.06. The molecule has 5 rings (SSSR count). The van der Waals surface area contributed by atoms with Crippen molar-refractivity contribution in [2.45, 2.75) is 52.4 Å². The molecule has 0 spiro atoms. The molecule has 0 atom stereocenters. The van der Waals surface area contributed by atoms with Crippen LogP contribution in [-0.2, 0) is 0 Å². The van der Waals surface area contributed by atoms with E-state index in [9.17, 15) is 9.90 Å². The molecule has 15 N–H and O–H groups in total. The zero-order valence-corrected chi connectivity index (χ0v) is 25.7. The van der Waals surface area contributed by atoms with Gasteiger partial charge in [0, 0.05) is 43.3 Å². The maximum atomic E-state index is 12.8. The van der Waals surface area contributed by atoms with Crippen molar-refractivity contribution < 1.29 is 15.6 Å². The largest absolute Gasteiger partial charge is 0.507 e. The Morgan fingerprint density at radius 1 is 0.786 bits per heavy atom. The molecule has 2 aromatic carbocycles. The average Bonchev–Trinajstić information content (AvgIpc) is 2.92. The van der Waals surface area contributed by atoms with E-state index in [0.29, 0.717) is 17.2 Å². The van der Waals surface area contributed by atoms with Gasteiger partial charge in [0.2, 0.25) is 17.8 Å². The average molecular weight is 614 g/mol. The highest BCUT2D eigenvalue weighted by Gasteiger charge is 2.21. The molecule has 42 heavy (non-hydrogen) atoms. The van der Waals surface area contributed by atoms with Crippen molar-refractivity contribution in [3.8, 4) is 5.75 Å². The monoisotopic (exact) mass is 613 g/mol. The van der Waals surface area contributed by atoms with Gasteiger partial charge in [-0.05, 0) is 87.8 Å². The molecule has 2 fully saturated rings. The molecular formula is C28H56ClN11O2. The maximum absolute atomic E-state index is 12.8. The minimum atomic E-state index is -0.347. The summed E-state index contributed by atoms with van der Waals surface area (Å²) in [7, 11) is 0. The van der Waals surface area contributed by atoms with Crippen molar-refractivity contribution in [3.05, 3.63) is 53.1 Å². The van der Waals surface area contributed by atoms with Crippen molar-refractivity contribution in [3.63, 3.8) is 0 Å². The first-order valence-corrected chi connectivity index (χ1v) is 13.2. The zero-order chi connectivity index (χ0) is 25.8. The van der Waals surface area contributed by atoms with Crippen molar-refractivity contribution in [1.29, 1.82) is 0 Å². The van der Waals surface area contributed by atoms with Gasteiger partial charge >= 0.3 is 0 Å². The summed E-state index contributed by atoms with van der Waals surface area (Å²) < 4.78 is 0. The van der Waals surface area contributed by atoms with Crippen LogP contribution in [-0.4, -0.2) is 52.1 Å².